The summed E-state index contributed by atoms with van der Waals surface area (Å²) in [5, 5.41) is 16.9. The number of Topliss-reactive ketones (excluding diaryl/α,β-unsaturated/α-hetero) is 2. The topological polar surface area (TPSA) is 115 Å². The molecule has 3 aromatic carbocycles. The lowest BCUT2D eigenvalue weighted by Crippen LogP contribution is -2.65. The molecule has 3 aliphatic carbocycles. The number of carbonyl (C=O) groups excluding carboxylic acids is 2. The van der Waals surface area contributed by atoms with E-state index in [1.165, 1.54) is 6.07 Å². The molecule has 1 N–H and O–H groups in total. The van der Waals surface area contributed by atoms with Gasteiger partial charge in [0, 0.05) is 36.2 Å². The molecule has 0 fully saturated rings. The quantitative estimate of drug-likeness (QED) is 0.0975. The predicted octanol–water partition coefficient (Wildman–Crippen LogP) is 9.60. The van der Waals surface area contributed by atoms with E-state index in [0.29, 0.717) is 24.5 Å². The number of nitrogens with zero attached hydrogens (tertiary/aromatic N) is 3. The number of fused-ring (bicyclic) bond motifs is 4. The van der Waals surface area contributed by atoms with Gasteiger partial charge in [-0.1, -0.05) is 93.6 Å². The van der Waals surface area contributed by atoms with Gasteiger partial charge in [-0.05, 0) is 67.3 Å². The van der Waals surface area contributed by atoms with Gasteiger partial charge < -0.3 is 28.4 Å². The van der Waals surface area contributed by atoms with Crippen LogP contribution in [0.3, 0.4) is 0 Å². The van der Waals surface area contributed by atoms with Gasteiger partial charge in [0.1, 0.15) is 30.4 Å². The Kier molecular flexibility index (Phi) is 11.4. The molecule has 4 aromatic rings. The Morgan fingerprint density at radius 3 is 2.12 bits per heavy atom. The normalized spacial score (nSPS) is 21.3. The van der Waals surface area contributed by atoms with Crippen molar-refractivity contribution in [1.82, 2.24) is 10.1 Å². The number of hydrogen-bond acceptors (Lipinski definition) is 10. The second-order valence-corrected chi connectivity index (χ2v) is 22.2. The van der Waals surface area contributed by atoms with Crippen LogP contribution >= 0.6 is 0 Å². The monoisotopic (exact) mass is 819 g/mol. The Morgan fingerprint density at radius 2 is 1.56 bits per heavy atom. The first-order valence-corrected chi connectivity index (χ1v) is 23.0. The molecule has 1 heterocycles. The van der Waals surface area contributed by atoms with Crippen LogP contribution < -0.4 is 14.4 Å². The van der Waals surface area contributed by atoms with Gasteiger partial charge in [0.05, 0.1) is 17.3 Å². The highest BCUT2D eigenvalue weighted by atomic mass is 28.4. The summed E-state index contributed by atoms with van der Waals surface area (Å²) < 4.78 is 42.7. The maximum Gasteiger partial charge on any atom is 0.265 e. The SMILES string of the molecule is C=CCN(CC=C)c1cc(F)c2c(c1OCc1ccccc1)C(=O)C1=C(O)[C@]3(O[Si](C)(C)C(C)(C)C)C(=O)c4c(OCc5ccccc5)noc4[C@@H](N(C)C)[C@@H]3C[C@@H]1C2. The Hall–Kier alpha value is -5.30. The molecule has 0 amide bonds. The van der Waals surface area contributed by atoms with Crippen molar-refractivity contribution in [3.8, 4) is 11.6 Å². The fourth-order valence-corrected chi connectivity index (χ4v) is 10.1. The van der Waals surface area contributed by atoms with Crippen molar-refractivity contribution in [2.75, 3.05) is 32.1 Å². The summed E-state index contributed by atoms with van der Waals surface area (Å²) in [5.74, 6) is -3.20. The Balaban J connectivity index is 1.45. The van der Waals surface area contributed by atoms with E-state index in [2.05, 4.69) is 39.1 Å². The average molecular weight is 820 g/mol. The molecular formula is C47H54FN3O7Si. The summed E-state index contributed by atoms with van der Waals surface area (Å²) in [6.45, 7) is 18.8. The molecule has 0 saturated heterocycles. The van der Waals surface area contributed by atoms with Gasteiger partial charge in [-0.15, -0.1) is 13.2 Å². The van der Waals surface area contributed by atoms with Gasteiger partial charge in [0.25, 0.3) is 5.88 Å². The van der Waals surface area contributed by atoms with Crippen molar-refractivity contribution < 1.29 is 37.5 Å². The van der Waals surface area contributed by atoms with Gasteiger partial charge in [-0.2, -0.15) is 0 Å². The number of anilines is 1. The number of aliphatic hydroxyl groups is 1. The number of aliphatic hydroxyl groups excluding tert-OH is 1. The van der Waals surface area contributed by atoms with Crippen molar-refractivity contribution in [3.05, 3.63) is 143 Å². The van der Waals surface area contributed by atoms with Crippen LogP contribution in [0.5, 0.6) is 11.6 Å². The molecule has 4 atom stereocenters. The maximum atomic E-state index is 16.7. The highest BCUT2D eigenvalue weighted by Crippen LogP contribution is 2.60. The van der Waals surface area contributed by atoms with Crippen LogP contribution in [0.2, 0.25) is 18.1 Å². The first-order chi connectivity index (χ1) is 28.0. The highest BCUT2D eigenvalue weighted by molar-refractivity contribution is 6.74. The van der Waals surface area contributed by atoms with Gasteiger partial charge in [0.2, 0.25) is 5.78 Å². The lowest BCUT2D eigenvalue weighted by atomic mass is 9.58. The molecule has 0 spiro atoms. The molecule has 10 nitrogen and oxygen atoms in total. The summed E-state index contributed by atoms with van der Waals surface area (Å²) in [5.41, 5.74) is 0.309. The lowest BCUT2D eigenvalue weighted by Gasteiger charge is -2.55. The van der Waals surface area contributed by atoms with Gasteiger partial charge in [-0.25, -0.2) is 4.39 Å². The molecule has 7 rings (SSSR count). The molecule has 310 valence electrons. The standard InChI is InChI=1S/C47H54FN3O7Si/c1-10-22-51(23-11-2)35-26-34(48)32-24-31-25-33-39(50(6)7)42-38(45(49-57-42)56-28-30-20-16-13-17-21-30)44(54)47(33,58-59(8,9)46(3,4)5)43(53)36(31)40(52)37(32)41(35)55-27-29-18-14-12-15-19-29/h10-21,26,31,33,39,53H,1-2,22-25,27-28H2,3-9H3/t31-,33-,39-,47-/m0/s1. The largest absolute Gasteiger partial charge is 0.508 e. The second kappa shape index (κ2) is 16.0. The third-order valence-electron chi connectivity index (χ3n) is 12.5. The number of rotatable bonds is 14. The minimum Gasteiger partial charge on any atom is -0.508 e. The van der Waals surface area contributed by atoms with E-state index in [9.17, 15) is 5.11 Å². The van der Waals surface area contributed by atoms with Crippen molar-refractivity contribution in [2.45, 2.75) is 76.6 Å². The maximum absolute atomic E-state index is 16.7. The number of ketones is 2. The van der Waals surface area contributed by atoms with E-state index in [-0.39, 0.29) is 59.9 Å². The van der Waals surface area contributed by atoms with Crippen LogP contribution in [-0.2, 0) is 24.1 Å². The van der Waals surface area contributed by atoms with E-state index in [1.807, 2.05) is 97.7 Å². The molecule has 3 aliphatic rings. The van der Waals surface area contributed by atoms with Gasteiger partial charge in [0.15, 0.2) is 31.2 Å². The van der Waals surface area contributed by atoms with E-state index < -0.39 is 60.0 Å². The second-order valence-electron chi connectivity index (χ2n) is 17.5. The molecule has 12 heteroatoms. The van der Waals surface area contributed by atoms with Crippen molar-refractivity contribution >= 4 is 25.6 Å². The van der Waals surface area contributed by atoms with E-state index in [4.69, 9.17) is 18.4 Å². The third-order valence-corrected chi connectivity index (χ3v) is 16.9. The fraction of sp³-hybridized carbons (Fsp3) is 0.383. The van der Waals surface area contributed by atoms with Gasteiger partial charge >= 0.3 is 0 Å². The van der Waals surface area contributed by atoms with Crippen molar-refractivity contribution in [2.24, 2.45) is 11.8 Å². The fourth-order valence-electron chi connectivity index (χ4n) is 8.65. The molecule has 0 bridgehead atoms. The van der Waals surface area contributed by atoms with Crippen LogP contribution in [0.15, 0.2) is 108 Å². The molecule has 0 radical (unpaired) electrons. The third kappa shape index (κ3) is 7.25. The number of hydrogen-bond donors (Lipinski definition) is 1. The number of ether oxygens (including phenoxy) is 2. The van der Waals surface area contributed by atoms with E-state index in [1.54, 1.807) is 12.2 Å². The molecular weight excluding hydrogens is 766 g/mol. The molecule has 0 saturated carbocycles. The summed E-state index contributed by atoms with van der Waals surface area (Å²) in [4.78, 5) is 34.8. The lowest BCUT2D eigenvalue weighted by molar-refractivity contribution is -0.0481. The zero-order valence-corrected chi connectivity index (χ0v) is 36.0. The smallest absolute Gasteiger partial charge is 0.265 e. The van der Waals surface area contributed by atoms with E-state index in [0.717, 1.165) is 11.1 Å². The van der Waals surface area contributed by atoms with Crippen LogP contribution in [0.1, 0.15) is 76.4 Å². The Labute approximate surface area is 347 Å². The van der Waals surface area contributed by atoms with Crippen LogP contribution in [0, 0.1) is 17.7 Å². The molecule has 1 aromatic heterocycles. The number of carbonyl (C=O) groups is 2. The number of halogens is 1. The van der Waals surface area contributed by atoms with Crippen molar-refractivity contribution in [3.63, 3.8) is 0 Å². The summed E-state index contributed by atoms with van der Waals surface area (Å²) in [7, 11) is 0.769. The Morgan fingerprint density at radius 1 is 0.966 bits per heavy atom. The number of allylic oxidation sites excluding steroid dienone is 1. The molecule has 59 heavy (non-hydrogen) atoms. The summed E-state index contributed by atoms with van der Waals surface area (Å²) >= 11 is 0. The summed E-state index contributed by atoms with van der Waals surface area (Å²) in [6, 6.07) is 19.7. The average Bonchev–Trinajstić information content (AvgIpc) is 3.61. The van der Waals surface area contributed by atoms with Crippen LogP contribution in [0.25, 0.3) is 0 Å². The van der Waals surface area contributed by atoms with Crippen LogP contribution in [0.4, 0.5) is 10.1 Å². The van der Waals surface area contributed by atoms with Crippen LogP contribution in [-0.4, -0.2) is 67.8 Å². The van der Waals surface area contributed by atoms with E-state index >= 15 is 14.0 Å². The highest BCUT2D eigenvalue weighted by Gasteiger charge is 2.67. The molecule has 0 unspecified atom stereocenters. The zero-order chi connectivity index (χ0) is 42.4. The van der Waals surface area contributed by atoms with Gasteiger partial charge in [-0.3, -0.25) is 14.5 Å². The summed E-state index contributed by atoms with van der Waals surface area (Å²) in [6.07, 6.45) is 3.65. The zero-order valence-electron chi connectivity index (χ0n) is 35.0. The Bertz CT molecular complexity index is 2290. The predicted molar refractivity (Wildman–Crippen MR) is 228 cm³/mol. The first kappa shape index (κ1) is 41.8. The minimum absolute atomic E-state index is 0.0118. The van der Waals surface area contributed by atoms with Crippen molar-refractivity contribution in [1.29, 1.82) is 0 Å². The molecule has 0 aliphatic heterocycles. The first-order valence-electron chi connectivity index (χ1n) is 20.1. The number of aromatic nitrogens is 1. The minimum atomic E-state index is -2.96. The number of benzene rings is 3.